The van der Waals surface area contributed by atoms with Crippen molar-refractivity contribution in [3.63, 3.8) is 0 Å². The SMILES string of the molecule is CN(C)CCSCCCC(=O)Nc1ccc(Cl)cc1N. The molecular formula is C14H22ClN3OS. The summed E-state index contributed by atoms with van der Waals surface area (Å²) in [6.07, 6.45) is 1.38. The number of anilines is 2. The van der Waals surface area contributed by atoms with Gasteiger partial charge in [-0.1, -0.05) is 11.6 Å². The molecule has 0 aliphatic heterocycles. The molecule has 6 heteroatoms. The normalized spacial score (nSPS) is 10.8. The molecule has 1 aromatic carbocycles. The van der Waals surface area contributed by atoms with Gasteiger partial charge in [0.25, 0.3) is 0 Å². The van der Waals surface area contributed by atoms with E-state index in [1.54, 1.807) is 18.2 Å². The van der Waals surface area contributed by atoms with Crippen LogP contribution in [0.25, 0.3) is 0 Å². The molecule has 0 unspecified atom stereocenters. The van der Waals surface area contributed by atoms with Crippen molar-refractivity contribution in [3.05, 3.63) is 23.2 Å². The molecule has 0 aliphatic rings. The Balaban J connectivity index is 2.20. The quantitative estimate of drug-likeness (QED) is 0.572. The van der Waals surface area contributed by atoms with Crippen LogP contribution < -0.4 is 11.1 Å². The molecule has 0 saturated heterocycles. The second-order valence-electron chi connectivity index (χ2n) is 4.80. The lowest BCUT2D eigenvalue weighted by Gasteiger charge is -2.09. The number of nitrogens with two attached hydrogens (primary N) is 1. The summed E-state index contributed by atoms with van der Waals surface area (Å²) >= 11 is 7.68. The minimum atomic E-state index is -0.00719. The van der Waals surface area contributed by atoms with Crippen LogP contribution >= 0.6 is 23.4 Å². The number of amides is 1. The Morgan fingerprint density at radius 1 is 1.40 bits per heavy atom. The second kappa shape index (κ2) is 9.10. The van der Waals surface area contributed by atoms with Crippen molar-refractivity contribution in [1.82, 2.24) is 4.90 Å². The Bertz CT molecular complexity index is 440. The predicted molar refractivity (Wildman–Crippen MR) is 89.6 cm³/mol. The summed E-state index contributed by atoms with van der Waals surface area (Å²) < 4.78 is 0. The van der Waals surface area contributed by atoms with Gasteiger partial charge in [-0.15, -0.1) is 0 Å². The predicted octanol–water partition coefficient (Wildman–Crippen LogP) is 2.94. The molecule has 0 heterocycles. The molecule has 1 amide bonds. The van der Waals surface area contributed by atoms with E-state index in [1.807, 2.05) is 11.8 Å². The Morgan fingerprint density at radius 3 is 2.80 bits per heavy atom. The summed E-state index contributed by atoms with van der Waals surface area (Å²) in [5.41, 5.74) is 6.90. The number of hydrogen-bond donors (Lipinski definition) is 2. The maximum Gasteiger partial charge on any atom is 0.224 e. The van der Waals surface area contributed by atoms with Crippen molar-refractivity contribution in [2.24, 2.45) is 0 Å². The van der Waals surface area contributed by atoms with E-state index in [0.717, 1.165) is 24.5 Å². The van der Waals surface area contributed by atoms with Crippen LogP contribution in [0.1, 0.15) is 12.8 Å². The first kappa shape index (κ1) is 17.1. The number of nitrogens with zero attached hydrogens (tertiary/aromatic N) is 1. The molecule has 0 bridgehead atoms. The Labute approximate surface area is 130 Å². The summed E-state index contributed by atoms with van der Waals surface area (Å²) in [6, 6.07) is 5.07. The van der Waals surface area contributed by atoms with Crippen LogP contribution in [0, 0.1) is 0 Å². The smallest absolute Gasteiger partial charge is 0.224 e. The minimum Gasteiger partial charge on any atom is -0.397 e. The molecule has 0 radical (unpaired) electrons. The third-order valence-corrected chi connectivity index (χ3v) is 3.95. The van der Waals surface area contributed by atoms with Gasteiger partial charge in [0.2, 0.25) is 5.91 Å². The minimum absolute atomic E-state index is 0.00719. The molecule has 0 spiro atoms. The van der Waals surface area contributed by atoms with Crippen LogP contribution in [0.4, 0.5) is 11.4 Å². The van der Waals surface area contributed by atoms with Gasteiger partial charge in [-0.2, -0.15) is 11.8 Å². The third-order valence-electron chi connectivity index (χ3n) is 2.66. The average Bonchev–Trinajstić information content (AvgIpc) is 2.36. The Morgan fingerprint density at radius 2 is 2.15 bits per heavy atom. The summed E-state index contributed by atoms with van der Waals surface area (Å²) in [5.74, 6) is 2.09. The van der Waals surface area contributed by atoms with Gasteiger partial charge in [-0.05, 0) is 44.5 Å². The zero-order chi connectivity index (χ0) is 15.0. The summed E-state index contributed by atoms with van der Waals surface area (Å²) in [7, 11) is 4.12. The number of carbonyl (C=O) groups is 1. The van der Waals surface area contributed by atoms with Gasteiger partial charge in [0, 0.05) is 23.7 Å². The average molecular weight is 316 g/mol. The van der Waals surface area contributed by atoms with Crippen LogP contribution in [0.5, 0.6) is 0 Å². The molecule has 1 rings (SSSR count). The molecule has 3 N–H and O–H groups in total. The fourth-order valence-corrected chi connectivity index (χ4v) is 2.77. The van der Waals surface area contributed by atoms with Gasteiger partial charge >= 0.3 is 0 Å². The summed E-state index contributed by atoms with van der Waals surface area (Å²) in [5, 5.41) is 3.37. The van der Waals surface area contributed by atoms with Crippen LogP contribution in [-0.4, -0.2) is 43.0 Å². The Kier molecular flexibility index (Phi) is 7.80. The van der Waals surface area contributed by atoms with E-state index in [2.05, 4.69) is 24.3 Å². The highest BCUT2D eigenvalue weighted by atomic mass is 35.5. The van der Waals surface area contributed by atoms with Crippen LogP contribution in [0.3, 0.4) is 0 Å². The van der Waals surface area contributed by atoms with E-state index < -0.39 is 0 Å². The van der Waals surface area contributed by atoms with Gasteiger partial charge in [0.1, 0.15) is 0 Å². The van der Waals surface area contributed by atoms with Gasteiger partial charge < -0.3 is 16.0 Å². The lowest BCUT2D eigenvalue weighted by atomic mass is 10.2. The Hall–Kier alpha value is -0.910. The van der Waals surface area contributed by atoms with Crippen molar-refractivity contribution < 1.29 is 4.79 Å². The molecule has 20 heavy (non-hydrogen) atoms. The third kappa shape index (κ3) is 7.03. The van der Waals surface area contributed by atoms with E-state index in [1.165, 1.54) is 0 Å². The van der Waals surface area contributed by atoms with E-state index in [-0.39, 0.29) is 5.91 Å². The topological polar surface area (TPSA) is 58.4 Å². The van der Waals surface area contributed by atoms with E-state index in [4.69, 9.17) is 17.3 Å². The standard InChI is InChI=1S/C14H22ClN3OS/c1-18(2)7-9-20-8-3-4-14(19)17-13-6-5-11(15)10-12(13)16/h5-6,10H,3-4,7-9,16H2,1-2H3,(H,17,19). The molecule has 112 valence electrons. The second-order valence-corrected chi connectivity index (χ2v) is 6.46. The highest BCUT2D eigenvalue weighted by Gasteiger charge is 2.05. The number of carbonyl (C=O) groups excluding carboxylic acids is 1. The molecule has 4 nitrogen and oxygen atoms in total. The van der Waals surface area contributed by atoms with E-state index in [9.17, 15) is 4.79 Å². The molecule has 0 atom stereocenters. The monoisotopic (exact) mass is 315 g/mol. The number of nitrogen functional groups attached to an aromatic ring is 1. The highest BCUT2D eigenvalue weighted by Crippen LogP contribution is 2.22. The molecule has 0 saturated carbocycles. The number of rotatable bonds is 8. The van der Waals surface area contributed by atoms with Crippen LogP contribution in [0.15, 0.2) is 18.2 Å². The van der Waals surface area contributed by atoms with E-state index >= 15 is 0 Å². The van der Waals surface area contributed by atoms with Crippen LogP contribution in [0.2, 0.25) is 5.02 Å². The molecule has 0 aliphatic carbocycles. The molecule has 0 fully saturated rings. The number of thioether (sulfide) groups is 1. The fourth-order valence-electron chi connectivity index (χ4n) is 1.54. The van der Waals surface area contributed by atoms with Gasteiger partial charge in [-0.25, -0.2) is 0 Å². The van der Waals surface area contributed by atoms with Gasteiger partial charge in [0.15, 0.2) is 0 Å². The highest BCUT2D eigenvalue weighted by molar-refractivity contribution is 7.99. The van der Waals surface area contributed by atoms with E-state index in [0.29, 0.717) is 22.8 Å². The van der Waals surface area contributed by atoms with Crippen LogP contribution in [-0.2, 0) is 4.79 Å². The lowest BCUT2D eigenvalue weighted by molar-refractivity contribution is -0.116. The van der Waals surface area contributed by atoms with Crippen molar-refractivity contribution in [2.75, 3.05) is 43.2 Å². The molecule has 0 aromatic heterocycles. The first-order valence-electron chi connectivity index (χ1n) is 6.56. The first-order chi connectivity index (χ1) is 9.49. The maximum atomic E-state index is 11.8. The maximum absolute atomic E-state index is 11.8. The van der Waals surface area contributed by atoms with Gasteiger partial charge in [0.05, 0.1) is 11.4 Å². The van der Waals surface area contributed by atoms with Crippen molar-refractivity contribution in [1.29, 1.82) is 0 Å². The lowest BCUT2D eigenvalue weighted by Crippen LogP contribution is -2.15. The van der Waals surface area contributed by atoms with Crippen molar-refractivity contribution in [2.45, 2.75) is 12.8 Å². The first-order valence-corrected chi connectivity index (χ1v) is 8.09. The summed E-state index contributed by atoms with van der Waals surface area (Å²) in [6.45, 7) is 1.07. The zero-order valence-electron chi connectivity index (χ0n) is 12.0. The number of benzene rings is 1. The van der Waals surface area contributed by atoms with Gasteiger partial charge in [-0.3, -0.25) is 4.79 Å². The number of nitrogens with one attached hydrogen (secondary N) is 1. The largest absolute Gasteiger partial charge is 0.397 e. The van der Waals surface area contributed by atoms with Crippen molar-refractivity contribution >= 4 is 40.6 Å². The zero-order valence-corrected chi connectivity index (χ0v) is 13.6. The van der Waals surface area contributed by atoms with Crippen molar-refractivity contribution in [3.8, 4) is 0 Å². The number of hydrogen-bond acceptors (Lipinski definition) is 4. The molecule has 1 aromatic rings. The number of halogens is 1. The summed E-state index contributed by atoms with van der Waals surface area (Å²) in [4.78, 5) is 13.9. The fraction of sp³-hybridized carbons (Fsp3) is 0.500. The molecular weight excluding hydrogens is 294 g/mol.